The van der Waals surface area contributed by atoms with E-state index in [1.54, 1.807) is 35.6 Å². The maximum atomic E-state index is 12.4. The molecule has 3 aromatic rings. The van der Waals surface area contributed by atoms with E-state index in [9.17, 15) is 14.4 Å². The zero-order chi connectivity index (χ0) is 20.9. The molecule has 0 aliphatic carbocycles. The van der Waals surface area contributed by atoms with Gasteiger partial charge >= 0.3 is 0 Å². The average Bonchev–Trinajstić information content (AvgIpc) is 3.19. The van der Waals surface area contributed by atoms with Gasteiger partial charge in [0.05, 0.1) is 28.4 Å². The van der Waals surface area contributed by atoms with E-state index < -0.39 is 11.9 Å². The van der Waals surface area contributed by atoms with Crippen LogP contribution in [0, 0.1) is 0 Å². The fourth-order valence-corrected chi connectivity index (χ4v) is 4.00. The van der Waals surface area contributed by atoms with Gasteiger partial charge in [0, 0.05) is 23.9 Å². The first-order valence-corrected chi connectivity index (χ1v) is 10.5. The van der Waals surface area contributed by atoms with Gasteiger partial charge in [-0.1, -0.05) is 42.5 Å². The van der Waals surface area contributed by atoms with Gasteiger partial charge in [-0.25, -0.2) is 4.98 Å². The van der Waals surface area contributed by atoms with E-state index in [2.05, 4.69) is 20.9 Å². The van der Waals surface area contributed by atoms with Crippen LogP contribution in [0.3, 0.4) is 0 Å². The van der Waals surface area contributed by atoms with Crippen molar-refractivity contribution in [2.24, 2.45) is 0 Å². The minimum atomic E-state index is -0.922. The Morgan fingerprint density at radius 3 is 2.67 bits per heavy atom. The number of rotatable bonds is 6. The standard InChI is InChI=1S/C22H20N4O3S/c27-19(12-17-22(29)25-16-9-5-4-8-15(16)21(28)26-17)23-11-10-20-24-18(13-30-20)14-6-2-1-3-7-14/h1-9,13,17H,10-12H2,(H,23,27)(H,25,29)(H,26,28)/t17-/m1/s1. The normalized spacial score (nSPS) is 15.5. The number of nitrogens with one attached hydrogen (secondary N) is 3. The van der Waals surface area contributed by atoms with Crippen LogP contribution in [0.2, 0.25) is 0 Å². The number of anilines is 1. The van der Waals surface area contributed by atoms with Crippen molar-refractivity contribution in [3.8, 4) is 11.3 Å². The molecule has 152 valence electrons. The smallest absolute Gasteiger partial charge is 0.254 e. The van der Waals surface area contributed by atoms with Crippen LogP contribution >= 0.6 is 11.3 Å². The third-order valence-corrected chi connectivity index (χ3v) is 5.63. The van der Waals surface area contributed by atoms with E-state index in [1.165, 1.54) is 0 Å². The van der Waals surface area contributed by atoms with Crippen molar-refractivity contribution in [1.29, 1.82) is 0 Å². The Morgan fingerprint density at radius 2 is 1.83 bits per heavy atom. The summed E-state index contributed by atoms with van der Waals surface area (Å²) >= 11 is 1.54. The molecule has 30 heavy (non-hydrogen) atoms. The third kappa shape index (κ3) is 4.55. The molecule has 7 nitrogen and oxygen atoms in total. The van der Waals surface area contributed by atoms with Gasteiger partial charge in [0.25, 0.3) is 5.91 Å². The lowest BCUT2D eigenvalue weighted by Gasteiger charge is -2.14. The van der Waals surface area contributed by atoms with Gasteiger partial charge in [0.2, 0.25) is 11.8 Å². The number of thiazole rings is 1. The van der Waals surface area contributed by atoms with Crippen LogP contribution < -0.4 is 16.0 Å². The summed E-state index contributed by atoms with van der Waals surface area (Å²) in [7, 11) is 0. The zero-order valence-corrected chi connectivity index (χ0v) is 16.9. The van der Waals surface area contributed by atoms with Crippen molar-refractivity contribution in [2.45, 2.75) is 18.9 Å². The molecule has 3 amide bonds. The first kappa shape index (κ1) is 19.8. The van der Waals surface area contributed by atoms with Crippen LogP contribution in [0.25, 0.3) is 11.3 Å². The van der Waals surface area contributed by atoms with Gasteiger partial charge in [0.15, 0.2) is 0 Å². The number of hydrogen-bond acceptors (Lipinski definition) is 5. The van der Waals surface area contributed by atoms with Gasteiger partial charge in [-0.05, 0) is 12.1 Å². The topological polar surface area (TPSA) is 100 Å². The molecule has 0 radical (unpaired) electrons. The number of benzene rings is 2. The number of carbonyl (C=O) groups excluding carboxylic acids is 3. The Kier molecular flexibility index (Phi) is 5.85. The molecular weight excluding hydrogens is 400 g/mol. The highest BCUT2D eigenvalue weighted by Crippen LogP contribution is 2.22. The Morgan fingerprint density at radius 1 is 1.07 bits per heavy atom. The second-order valence-corrected chi connectivity index (χ2v) is 7.80. The number of aromatic nitrogens is 1. The first-order chi connectivity index (χ1) is 14.6. The first-order valence-electron chi connectivity index (χ1n) is 9.57. The molecule has 2 aromatic carbocycles. The predicted molar refractivity (Wildman–Crippen MR) is 115 cm³/mol. The quantitative estimate of drug-likeness (QED) is 0.571. The monoisotopic (exact) mass is 420 g/mol. The highest BCUT2D eigenvalue weighted by Gasteiger charge is 2.29. The summed E-state index contributed by atoms with van der Waals surface area (Å²) in [5, 5.41) is 11.0. The highest BCUT2D eigenvalue weighted by molar-refractivity contribution is 7.09. The SMILES string of the molecule is O=C(C[C@H]1NC(=O)c2ccccc2NC1=O)NCCc1nc(-c2ccccc2)cs1. The molecule has 0 saturated heterocycles. The van der Waals surface area contributed by atoms with E-state index in [0.29, 0.717) is 24.2 Å². The third-order valence-electron chi connectivity index (χ3n) is 4.72. The predicted octanol–water partition coefficient (Wildman–Crippen LogP) is 2.61. The zero-order valence-electron chi connectivity index (χ0n) is 16.1. The Balaban J connectivity index is 1.29. The maximum Gasteiger partial charge on any atom is 0.254 e. The second-order valence-electron chi connectivity index (χ2n) is 6.86. The van der Waals surface area contributed by atoms with Crippen LogP contribution in [0.5, 0.6) is 0 Å². The number of hydrogen-bond donors (Lipinski definition) is 3. The Bertz CT molecular complexity index is 1080. The summed E-state index contributed by atoms with van der Waals surface area (Å²) in [6, 6.07) is 15.7. The summed E-state index contributed by atoms with van der Waals surface area (Å²) < 4.78 is 0. The maximum absolute atomic E-state index is 12.4. The molecule has 1 aliphatic rings. The van der Waals surface area contributed by atoms with E-state index >= 15 is 0 Å². The van der Waals surface area contributed by atoms with Gasteiger partial charge in [0.1, 0.15) is 6.04 Å². The average molecular weight is 420 g/mol. The van der Waals surface area contributed by atoms with Crippen LogP contribution in [0.1, 0.15) is 21.8 Å². The Labute approximate surface area is 177 Å². The van der Waals surface area contributed by atoms with E-state index in [4.69, 9.17) is 0 Å². The fraction of sp³-hybridized carbons (Fsp3) is 0.182. The van der Waals surface area contributed by atoms with Crippen molar-refractivity contribution in [1.82, 2.24) is 15.6 Å². The molecule has 3 N–H and O–H groups in total. The van der Waals surface area contributed by atoms with Gasteiger partial charge in [-0.2, -0.15) is 0 Å². The lowest BCUT2D eigenvalue weighted by atomic mass is 10.1. The molecule has 2 heterocycles. The molecular formula is C22H20N4O3S. The van der Waals surface area contributed by atoms with Crippen LogP contribution in [0.4, 0.5) is 5.69 Å². The lowest BCUT2D eigenvalue weighted by molar-refractivity contribution is -0.125. The minimum Gasteiger partial charge on any atom is -0.356 e. The number of fused-ring (bicyclic) bond motifs is 1. The molecule has 0 saturated carbocycles. The van der Waals surface area contributed by atoms with Gasteiger partial charge in [-0.3, -0.25) is 14.4 Å². The number of amides is 3. The highest BCUT2D eigenvalue weighted by atomic mass is 32.1. The molecule has 8 heteroatoms. The molecule has 0 unspecified atom stereocenters. The van der Waals surface area contributed by atoms with Crippen molar-refractivity contribution in [2.75, 3.05) is 11.9 Å². The van der Waals surface area contributed by atoms with Crippen LogP contribution in [0.15, 0.2) is 60.0 Å². The summed E-state index contributed by atoms with van der Waals surface area (Å²) in [5.74, 6) is -1.09. The molecule has 0 fully saturated rings. The molecule has 0 bridgehead atoms. The van der Waals surface area contributed by atoms with E-state index in [1.807, 2.05) is 35.7 Å². The van der Waals surface area contributed by atoms with Crippen LogP contribution in [-0.4, -0.2) is 35.3 Å². The minimum absolute atomic E-state index is 0.126. The number of para-hydroxylation sites is 1. The van der Waals surface area contributed by atoms with Crippen molar-refractivity contribution in [3.05, 3.63) is 70.5 Å². The second kappa shape index (κ2) is 8.87. The number of nitrogens with zero attached hydrogens (tertiary/aromatic N) is 1. The van der Waals surface area contributed by atoms with E-state index in [0.717, 1.165) is 16.3 Å². The van der Waals surface area contributed by atoms with Gasteiger partial charge < -0.3 is 16.0 Å². The molecule has 1 atom stereocenters. The summed E-state index contributed by atoms with van der Waals surface area (Å²) in [6.45, 7) is 0.406. The Hall–Kier alpha value is -3.52. The number of carbonyl (C=O) groups is 3. The summed E-state index contributed by atoms with van der Waals surface area (Å²) in [6.07, 6.45) is 0.469. The van der Waals surface area contributed by atoms with Gasteiger partial charge in [-0.15, -0.1) is 11.3 Å². The summed E-state index contributed by atoms with van der Waals surface area (Å²) in [4.78, 5) is 41.6. The fourth-order valence-electron chi connectivity index (χ4n) is 3.19. The van der Waals surface area contributed by atoms with Crippen LogP contribution in [-0.2, 0) is 16.0 Å². The molecule has 0 spiro atoms. The van der Waals surface area contributed by atoms with E-state index in [-0.39, 0.29) is 18.2 Å². The van der Waals surface area contributed by atoms with Crippen molar-refractivity contribution >= 4 is 34.7 Å². The molecule has 1 aromatic heterocycles. The largest absolute Gasteiger partial charge is 0.356 e. The lowest BCUT2D eigenvalue weighted by Crippen LogP contribution is -2.44. The molecule has 4 rings (SSSR count). The molecule has 1 aliphatic heterocycles. The van der Waals surface area contributed by atoms with Crippen molar-refractivity contribution in [3.63, 3.8) is 0 Å². The summed E-state index contributed by atoms with van der Waals surface area (Å²) in [5.41, 5.74) is 2.80. The van der Waals surface area contributed by atoms with Crippen molar-refractivity contribution < 1.29 is 14.4 Å².